The van der Waals surface area contributed by atoms with Gasteiger partial charge in [-0.15, -0.1) is 0 Å². The van der Waals surface area contributed by atoms with Crippen LogP contribution in [-0.2, 0) is 6.54 Å². The predicted molar refractivity (Wildman–Crippen MR) is 66.1 cm³/mol. The Morgan fingerprint density at radius 2 is 1.93 bits per heavy atom. The van der Waals surface area contributed by atoms with Crippen LogP contribution < -0.4 is 0 Å². The summed E-state index contributed by atoms with van der Waals surface area (Å²) in [6, 6.07) is 0. The van der Waals surface area contributed by atoms with Gasteiger partial charge in [0.25, 0.3) is 0 Å². The third-order valence-electron chi connectivity index (χ3n) is 2.86. The molecule has 15 heavy (non-hydrogen) atoms. The fourth-order valence-corrected chi connectivity index (χ4v) is 2.63. The lowest BCUT2D eigenvalue weighted by atomic mass is 9.81. The summed E-state index contributed by atoms with van der Waals surface area (Å²) in [4.78, 5) is 3.99. The van der Waals surface area contributed by atoms with Crippen LogP contribution >= 0.6 is 12.6 Å². The highest BCUT2D eigenvalue weighted by molar-refractivity contribution is 7.80. The molecule has 0 spiro atoms. The van der Waals surface area contributed by atoms with E-state index < -0.39 is 0 Å². The van der Waals surface area contributed by atoms with Gasteiger partial charge in [0.2, 0.25) is 0 Å². The maximum absolute atomic E-state index is 4.52. The van der Waals surface area contributed by atoms with Gasteiger partial charge in [0.1, 0.15) is 12.7 Å². The number of rotatable bonds is 7. The molecule has 4 heteroatoms. The molecule has 0 saturated carbocycles. The van der Waals surface area contributed by atoms with Crippen molar-refractivity contribution in [2.45, 2.75) is 46.1 Å². The fourth-order valence-electron chi connectivity index (χ4n) is 2.21. The molecule has 0 bridgehead atoms. The third-order valence-corrected chi connectivity index (χ3v) is 3.53. The smallest absolute Gasteiger partial charge is 0.137 e. The van der Waals surface area contributed by atoms with Gasteiger partial charge in [-0.25, -0.2) is 4.98 Å². The fraction of sp³-hybridized carbons (Fsp3) is 0.818. The van der Waals surface area contributed by atoms with E-state index in [9.17, 15) is 0 Å². The van der Waals surface area contributed by atoms with Crippen molar-refractivity contribution in [3.63, 3.8) is 0 Å². The van der Waals surface area contributed by atoms with Crippen molar-refractivity contribution in [2.75, 3.05) is 5.75 Å². The van der Waals surface area contributed by atoms with Gasteiger partial charge in [0.15, 0.2) is 0 Å². The Bertz CT molecular complexity index is 253. The Morgan fingerprint density at radius 3 is 2.33 bits per heavy atom. The molecule has 86 valence electrons. The molecule has 3 nitrogen and oxygen atoms in total. The summed E-state index contributed by atoms with van der Waals surface area (Å²) >= 11 is 4.52. The standard InChI is InChI=1S/C11H21N3S/c1-3-5-11(8-15,6-4-2)7-14-10-12-9-13-14/h9-10,15H,3-8H2,1-2H3. The molecular formula is C11H21N3S. The first-order valence-corrected chi connectivity index (χ1v) is 6.33. The van der Waals surface area contributed by atoms with Crippen molar-refractivity contribution in [1.82, 2.24) is 14.8 Å². The second kappa shape index (κ2) is 6.16. The lowest BCUT2D eigenvalue weighted by Crippen LogP contribution is -2.29. The highest BCUT2D eigenvalue weighted by Gasteiger charge is 2.27. The van der Waals surface area contributed by atoms with Crippen molar-refractivity contribution in [2.24, 2.45) is 5.41 Å². The molecule has 0 radical (unpaired) electrons. The quantitative estimate of drug-likeness (QED) is 0.726. The zero-order valence-electron chi connectivity index (χ0n) is 9.69. The molecule has 0 aliphatic rings. The van der Waals surface area contributed by atoms with Gasteiger partial charge in [-0.3, -0.25) is 4.68 Å². The van der Waals surface area contributed by atoms with Gasteiger partial charge in [0, 0.05) is 6.54 Å². The lowest BCUT2D eigenvalue weighted by molar-refractivity contribution is 0.221. The van der Waals surface area contributed by atoms with E-state index in [2.05, 4.69) is 36.6 Å². The number of thiol groups is 1. The van der Waals surface area contributed by atoms with Crippen LogP contribution in [0.1, 0.15) is 39.5 Å². The number of aromatic nitrogens is 3. The summed E-state index contributed by atoms with van der Waals surface area (Å²) in [6.07, 6.45) is 8.23. The average Bonchev–Trinajstić information content (AvgIpc) is 2.71. The Kier molecular flexibility index (Phi) is 5.15. The normalized spacial score (nSPS) is 11.9. The second-order valence-corrected chi connectivity index (χ2v) is 4.57. The number of nitrogens with zero attached hydrogens (tertiary/aromatic N) is 3. The van der Waals surface area contributed by atoms with Gasteiger partial charge in [-0.1, -0.05) is 26.7 Å². The van der Waals surface area contributed by atoms with Crippen LogP contribution in [0.4, 0.5) is 0 Å². The minimum atomic E-state index is 0.292. The van der Waals surface area contributed by atoms with Crippen LogP contribution in [0.15, 0.2) is 12.7 Å². The lowest BCUT2D eigenvalue weighted by Gasteiger charge is -2.31. The molecule has 1 rings (SSSR count). The van der Waals surface area contributed by atoms with E-state index in [0.717, 1.165) is 12.3 Å². The van der Waals surface area contributed by atoms with Crippen LogP contribution in [0.5, 0.6) is 0 Å². The summed E-state index contributed by atoms with van der Waals surface area (Å²) < 4.78 is 1.93. The topological polar surface area (TPSA) is 30.7 Å². The molecular weight excluding hydrogens is 206 g/mol. The summed E-state index contributed by atoms with van der Waals surface area (Å²) in [6.45, 7) is 5.41. The molecule has 1 aromatic heterocycles. The van der Waals surface area contributed by atoms with E-state index in [4.69, 9.17) is 0 Å². The van der Waals surface area contributed by atoms with Gasteiger partial charge in [-0.2, -0.15) is 17.7 Å². The Labute approximate surface area is 97.7 Å². The largest absolute Gasteiger partial charge is 0.252 e. The van der Waals surface area contributed by atoms with E-state index in [0.29, 0.717) is 5.41 Å². The van der Waals surface area contributed by atoms with Gasteiger partial charge < -0.3 is 0 Å². The first-order chi connectivity index (χ1) is 7.26. The molecule has 0 amide bonds. The molecule has 0 N–H and O–H groups in total. The summed E-state index contributed by atoms with van der Waals surface area (Å²) in [7, 11) is 0. The van der Waals surface area contributed by atoms with Crippen molar-refractivity contribution < 1.29 is 0 Å². The van der Waals surface area contributed by atoms with Crippen LogP contribution in [-0.4, -0.2) is 20.5 Å². The molecule has 0 saturated heterocycles. The first-order valence-electron chi connectivity index (χ1n) is 5.69. The summed E-state index contributed by atoms with van der Waals surface area (Å²) in [5, 5.41) is 4.19. The van der Waals surface area contributed by atoms with Crippen LogP contribution in [0.2, 0.25) is 0 Å². The molecule has 0 aliphatic heterocycles. The molecule has 0 fully saturated rings. The van der Waals surface area contributed by atoms with E-state index in [-0.39, 0.29) is 0 Å². The molecule has 0 aromatic carbocycles. The van der Waals surface area contributed by atoms with Crippen molar-refractivity contribution >= 4 is 12.6 Å². The van der Waals surface area contributed by atoms with Gasteiger partial charge >= 0.3 is 0 Å². The van der Waals surface area contributed by atoms with E-state index >= 15 is 0 Å². The second-order valence-electron chi connectivity index (χ2n) is 4.25. The maximum Gasteiger partial charge on any atom is 0.137 e. The summed E-state index contributed by atoms with van der Waals surface area (Å²) in [5.74, 6) is 0.925. The summed E-state index contributed by atoms with van der Waals surface area (Å²) in [5.41, 5.74) is 0.292. The number of hydrogen-bond donors (Lipinski definition) is 1. The van der Waals surface area contributed by atoms with E-state index in [1.54, 1.807) is 12.7 Å². The van der Waals surface area contributed by atoms with Crippen molar-refractivity contribution in [1.29, 1.82) is 0 Å². The SMILES string of the molecule is CCCC(CS)(CCC)Cn1cncn1. The third kappa shape index (κ3) is 3.52. The van der Waals surface area contributed by atoms with Crippen LogP contribution in [0, 0.1) is 5.41 Å². The van der Waals surface area contributed by atoms with E-state index in [1.165, 1.54) is 25.7 Å². The van der Waals surface area contributed by atoms with Crippen LogP contribution in [0.25, 0.3) is 0 Å². The van der Waals surface area contributed by atoms with Gasteiger partial charge in [-0.05, 0) is 24.0 Å². The Hall–Kier alpha value is -0.510. The number of hydrogen-bond acceptors (Lipinski definition) is 3. The maximum atomic E-state index is 4.52. The Morgan fingerprint density at radius 1 is 1.27 bits per heavy atom. The minimum Gasteiger partial charge on any atom is -0.252 e. The minimum absolute atomic E-state index is 0.292. The first kappa shape index (κ1) is 12.6. The molecule has 0 unspecified atom stereocenters. The van der Waals surface area contributed by atoms with Crippen molar-refractivity contribution in [3.05, 3.63) is 12.7 Å². The van der Waals surface area contributed by atoms with Gasteiger partial charge in [0.05, 0.1) is 0 Å². The van der Waals surface area contributed by atoms with Crippen LogP contribution in [0.3, 0.4) is 0 Å². The average molecular weight is 227 g/mol. The monoisotopic (exact) mass is 227 g/mol. The molecule has 0 aliphatic carbocycles. The molecule has 1 aromatic rings. The zero-order valence-corrected chi connectivity index (χ0v) is 10.6. The zero-order chi connectivity index (χ0) is 11.1. The van der Waals surface area contributed by atoms with Crippen molar-refractivity contribution in [3.8, 4) is 0 Å². The highest BCUT2D eigenvalue weighted by Crippen LogP contribution is 2.32. The Balaban J connectivity index is 2.69. The predicted octanol–water partition coefficient (Wildman–Crippen LogP) is 2.79. The molecule has 0 atom stereocenters. The highest BCUT2D eigenvalue weighted by atomic mass is 32.1. The molecule has 1 heterocycles. The van der Waals surface area contributed by atoms with E-state index in [1.807, 2.05) is 4.68 Å².